The highest BCUT2D eigenvalue weighted by Gasteiger charge is 2.26. The number of hydrogen-bond donors (Lipinski definition) is 1. The van der Waals surface area contributed by atoms with Crippen LogP contribution in [-0.4, -0.2) is 13.7 Å². The van der Waals surface area contributed by atoms with Crippen molar-refractivity contribution in [3.8, 4) is 0 Å². The first-order valence-corrected chi connectivity index (χ1v) is 5.31. The minimum atomic E-state index is 0.0645. The van der Waals surface area contributed by atoms with Crippen molar-refractivity contribution < 1.29 is 4.74 Å². The third-order valence-electron chi connectivity index (χ3n) is 2.88. The lowest BCUT2D eigenvalue weighted by molar-refractivity contribution is 0.157. The molecule has 1 rings (SSSR count). The topological polar surface area (TPSA) is 21.3 Å². The Labute approximate surface area is 92.7 Å². The number of rotatable bonds is 5. The molecular weight excluding hydrogens is 186 g/mol. The quantitative estimate of drug-likeness (QED) is 0.747. The third-order valence-corrected chi connectivity index (χ3v) is 2.88. The fourth-order valence-electron chi connectivity index (χ4n) is 1.55. The van der Waals surface area contributed by atoms with E-state index in [9.17, 15) is 0 Å². The predicted octanol–water partition coefficient (Wildman–Crippen LogP) is 2.81. The number of hydrogen-bond acceptors (Lipinski definition) is 2. The predicted molar refractivity (Wildman–Crippen MR) is 64.1 cm³/mol. The second-order valence-corrected chi connectivity index (χ2v) is 4.02. The first kappa shape index (κ1) is 12.1. The Kier molecular flexibility index (Phi) is 4.63. The van der Waals surface area contributed by atoms with Crippen molar-refractivity contribution in [3.63, 3.8) is 0 Å². The second kappa shape index (κ2) is 5.76. The minimum absolute atomic E-state index is 0.0645. The van der Waals surface area contributed by atoms with Crippen molar-refractivity contribution in [1.29, 1.82) is 0 Å². The molecule has 1 aliphatic rings. The summed E-state index contributed by atoms with van der Waals surface area (Å²) in [5, 5.41) is 3.30. The Hall–Kier alpha value is -1.02. The monoisotopic (exact) mass is 206 g/mol. The van der Waals surface area contributed by atoms with E-state index in [1.54, 1.807) is 7.11 Å². The first-order chi connectivity index (χ1) is 7.23. The summed E-state index contributed by atoms with van der Waals surface area (Å²) >= 11 is 0. The third kappa shape index (κ3) is 3.24. The highest BCUT2D eigenvalue weighted by Crippen LogP contribution is 2.33. The first-order valence-electron chi connectivity index (χ1n) is 5.31. The smallest absolute Gasteiger partial charge is 0.0471 e. The maximum atomic E-state index is 5.14. The van der Waals surface area contributed by atoms with Crippen LogP contribution < -0.4 is 5.32 Å². The lowest BCUT2D eigenvalue weighted by Crippen LogP contribution is -2.27. The molecule has 0 fully saturated rings. The van der Waals surface area contributed by atoms with E-state index in [1.165, 1.54) is 5.70 Å². The lowest BCUT2D eigenvalue weighted by atomic mass is 9.80. The summed E-state index contributed by atoms with van der Waals surface area (Å²) in [6.07, 6.45) is 12.0. The van der Waals surface area contributed by atoms with Crippen LogP contribution in [0.25, 0.3) is 0 Å². The van der Waals surface area contributed by atoms with Gasteiger partial charge in [-0.15, -0.1) is 0 Å². The average molecular weight is 206 g/mol. The molecule has 15 heavy (non-hydrogen) atoms. The van der Waals surface area contributed by atoms with Gasteiger partial charge in [-0.05, 0) is 25.0 Å². The van der Waals surface area contributed by atoms with E-state index in [2.05, 4.69) is 25.2 Å². The molecule has 0 saturated heterocycles. The van der Waals surface area contributed by atoms with Crippen molar-refractivity contribution >= 4 is 0 Å². The van der Waals surface area contributed by atoms with Gasteiger partial charge >= 0.3 is 0 Å². The zero-order chi connectivity index (χ0) is 11.1. The van der Waals surface area contributed by atoms with Crippen LogP contribution in [0, 0.1) is 12.3 Å². The molecule has 0 aromatic heterocycles. The fourth-order valence-corrected chi connectivity index (χ4v) is 1.55. The van der Waals surface area contributed by atoms with E-state index in [0.29, 0.717) is 0 Å². The minimum Gasteiger partial charge on any atom is -0.385 e. The molecule has 0 saturated carbocycles. The molecule has 0 amide bonds. The van der Waals surface area contributed by atoms with Gasteiger partial charge in [0.25, 0.3) is 0 Å². The molecule has 1 atom stereocenters. The van der Waals surface area contributed by atoms with Crippen LogP contribution in [0.3, 0.4) is 0 Å². The number of nitrogens with one attached hydrogen (secondary N) is 1. The Morgan fingerprint density at radius 3 is 2.87 bits per heavy atom. The molecule has 2 heteroatoms. The van der Waals surface area contributed by atoms with Crippen molar-refractivity contribution in [2.75, 3.05) is 13.7 Å². The van der Waals surface area contributed by atoms with Gasteiger partial charge in [0.15, 0.2) is 0 Å². The Morgan fingerprint density at radius 1 is 1.40 bits per heavy atom. The summed E-state index contributed by atoms with van der Waals surface area (Å²) in [5.74, 6) is 0. The van der Waals surface area contributed by atoms with Gasteiger partial charge < -0.3 is 10.1 Å². The zero-order valence-electron chi connectivity index (χ0n) is 9.62. The molecular formula is C13H20NO. The van der Waals surface area contributed by atoms with Crippen molar-refractivity contribution in [2.45, 2.75) is 19.8 Å². The molecule has 1 radical (unpaired) electrons. The van der Waals surface area contributed by atoms with Gasteiger partial charge in [-0.25, -0.2) is 0 Å². The van der Waals surface area contributed by atoms with E-state index >= 15 is 0 Å². The van der Waals surface area contributed by atoms with Crippen LogP contribution in [0.5, 0.6) is 0 Å². The van der Waals surface area contributed by atoms with Crippen LogP contribution in [-0.2, 0) is 4.74 Å². The molecule has 1 heterocycles. The molecule has 0 aromatic rings. The molecule has 0 spiro atoms. The highest BCUT2D eigenvalue weighted by molar-refractivity contribution is 5.25. The standard InChI is InChI=1S/C13H20NO/c1-4-13(2,9-11-15-3)12-8-6-5-7-10-14-12/h5-8,10,14H,1,4,9,11H2,2-3H3. The van der Waals surface area contributed by atoms with Crippen LogP contribution in [0.1, 0.15) is 19.8 Å². The van der Waals surface area contributed by atoms with E-state index in [1.807, 2.05) is 24.4 Å². The molecule has 83 valence electrons. The number of allylic oxidation sites excluding steroid dienone is 5. The van der Waals surface area contributed by atoms with Gasteiger partial charge in [0.05, 0.1) is 0 Å². The number of methoxy groups -OCH3 is 1. The van der Waals surface area contributed by atoms with E-state index in [4.69, 9.17) is 4.74 Å². The van der Waals surface area contributed by atoms with Crippen LogP contribution in [0.4, 0.5) is 0 Å². The highest BCUT2D eigenvalue weighted by atomic mass is 16.5. The normalized spacial score (nSPS) is 19.0. The van der Waals surface area contributed by atoms with Gasteiger partial charge in [0.1, 0.15) is 0 Å². The van der Waals surface area contributed by atoms with Crippen LogP contribution >= 0.6 is 0 Å². The van der Waals surface area contributed by atoms with Gasteiger partial charge in [-0.2, -0.15) is 0 Å². The zero-order valence-corrected chi connectivity index (χ0v) is 9.62. The Balaban J connectivity index is 2.75. The van der Waals surface area contributed by atoms with Gasteiger partial charge in [0, 0.05) is 31.0 Å². The van der Waals surface area contributed by atoms with Gasteiger partial charge in [-0.3, -0.25) is 0 Å². The molecule has 1 N–H and O–H groups in total. The molecule has 0 aromatic carbocycles. The van der Waals surface area contributed by atoms with Crippen molar-refractivity contribution in [1.82, 2.24) is 5.32 Å². The molecule has 1 aliphatic heterocycles. The molecule has 0 bridgehead atoms. The molecule has 2 nitrogen and oxygen atoms in total. The van der Waals surface area contributed by atoms with E-state index in [-0.39, 0.29) is 5.41 Å². The van der Waals surface area contributed by atoms with Crippen molar-refractivity contribution in [3.05, 3.63) is 43.1 Å². The second-order valence-electron chi connectivity index (χ2n) is 4.02. The fraction of sp³-hybridized carbons (Fsp3) is 0.462. The summed E-state index contributed by atoms with van der Waals surface area (Å²) in [5.41, 5.74) is 1.27. The summed E-state index contributed by atoms with van der Waals surface area (Å²) in [7, 11) is 1.73. The Morgan fingerprint density at radius 2 is 2.20 bits per heavy atom. The number of ether oxygens (including phenoxy) is 1. The summed E-state index contributed by atoms with van der Waals surface area (Å²) in [6.45, 7) is 7.01. The Bertz CT molecular complexity index is 278. The van der Waals surface area contributed by atoms with E-state index in [0.717, 1.165) is 19.4 Å². The maximum absolute atomic E-state index is 5.14. The summed E-state index contributed by atoms with van der Waals surface area (Å²) < 4.78 is 5.14. The SMILES string of the molecule is [CH2]CC(C)(CCOC)C1=CC=CC=CN1. The molecule has 1 unspecified atom stereocenters. The van der Waals surface area contributed by atoms with E-state index < -0.39 is 0 Å². The summed E-state index contributed by atoms with van der Waals surface area (Å²) in [6, 6.07) is 0. The van der Waals surface area contributed by atoms with Crippen LogP contribution in [0.15, 0.2) is 36.2 Å². The molecule has 0 aliphatic carbocycles. The van der Waals surface area contributed by atoms with Gasteiger partial charge in [0.2, 0.25) is 0 Å². The largest absolute Gasteiger partial charge is 0.385 e. The maximum Gasteiger partial charge on any atom is 0.0471 e. The van der Waals surface area contributed by atoms with Crippen LogP contribution in [0.2, 0.25) is 0 Å². The summed E-state index contributed by atoms with van der Waals surface area (Å²) in [4.78, 5) is 0. The average Bonchev–Trinajstić information content (AvgIpc) is 2.54. The lowest BCUT2D eigenvalue weighted by Gasteiger charge is -2.30. The van der Waals surface area contributed by atoms with Crippen molar-refractivity contribution in [2.24, 2.45) is 5.41 Å². The van der Waals surface area contributed by atoms with Gasteiger partial charge in [-0.1, -0.05) is 26.0 Å².